The second kappa shape index (κ2) is 33.6. The second-order valence-corrected chi connectivity index (χ2v) is 11.2. The maximum atomic E-state index is 12.1. The number of carbonyl (C=O) groups is 2. The topological polar surface area (TPSA) is 43.4 Å². The molecule has 0 spiro atoms. The number of carbonyl (C=O) groups excluding carboxylic acids is 2. The van der Waals surface area contributed by atoms with E-state index in [2.05, 4.69) is 31.2 Å². The Bertz CT molecular complexity index is 537. The molecule has 3 nitrogen and oxygen atoms in total. The van der Waals surface area contributed by atoms with Crippen LogP contribution in [-0.2, 0) is 14.3 Å². The molecule has 38 heavy (non-hydrogen) atoms. The van der Waals surface area contributed by atoms with Crippen molar-refractivity contribution >= 4 is 12.3 Å². The van der Waals surface area contributed by atoms with E-state index in [-0.39, 0.29) is 0 Å². The number of ether oxygens (including phenoxy) is 1. The van der Waals surface area contributed by atoms with Gasteiger partial charge in [0, 0.05) is 12.8 Å². The summed E-state index contributed by atoms with van der Waals surface area (Å²) in [5.41, 5.74) is 0. The van der Waals surface area contributed by atoms with Crippen molar-refractivity contribution in [2.24, 2.45) is 0 Å². The highest BCUT2D eigenvalue weighted by Gasteiger charge is 2.02. The zero-order valence-corrected chi connectivity index (χ0v) is 25.4. The summed E-state index contributed by atoms with van der Waals surface area (Å²) in [6.07, 6.45) is 42.4. The summed E-state index contributed by atoms with van der Waals surface area (Å²) in [5.74, 6) is 0.491. The molecule has 0 aliphatic rings. The molecule has 3 heteroatoms. The van der Waals surface area contributed by atoms with E-state index in [4.69, 9.17) is 4.74 Å². The van der Waals surface area contributed by atoms with E-state index >= 15 is 0 Å². The van der Waals surface area contributed by atoms with Crippen molar-refractivity contribution in [3.8, 4) is 0 Å². The Labute approximate surface area is 237 Å². The number of hydrogen-bond acceptors (Lipinski definition) is 3. The van der Waals surface area contributed by atoms with Crippen molar-refractivity contribution in [2.75, 3.05) is 6.61 Å². The van der Waals surface area contributed by atoms with E-state index in [0.717, 1.165) is 38.5 Å². The van der Waals surface area contributed by atoms with Crippen LogP contribution < -0.4 is 0 Å². The van der Waals surface area contributed by atoms with Gasteiger partial charge >= 0.3 is 0 Å². The third kappa shape index (κ3) is 32.6. The zero-order valence-electron chi connectivity index (χ0n) is 25.4. The monoisotopic (exact) mass is 532 g/mol. The number of Topliss-reactive ketones (excluding diaryl/α,β-unsaturated/α-hetero) is 1. The molecule has 0 amide bonds. The van der Waals surface area contributed by atoms with Gasteiger partial charge in [0.2, 0.25) is 0 Å². The lowest BCUT2D eigenvalue weighted by Gasteiger charge is -2.04. The van der Waals surface area contributed by atoms with E-state index in [1.807, 2.05) is 0 Å². The first-order valence-corrected chi connectivity index (χ1v) is 16.7. The van der Waals surface area contributed by atoms with E-state index in [1.165, 1.54) is 135 Å². The van der Waals surface area contributed by atoms with E-state index in [9.17, 15) is 9.59 Å². The molecule has 0 rings (SSSR count). The first kappa shape index (κ1) is 36.6. The van der Waals surface area contributed by atoms with Crippen LogP contribution in [0.3, 0.4) is 0 Å². The van der Waals surface area contributed by atoms with E-state index < -0.39 is 0 Å². The number of allylic oxidation sites excluding steroid dienone is 4. The summed E-state index contributed by atoms with van der Waals surface area (Å²) in [7, 11) is 0. The lowest BCUT2D eigenvalue weighted by molar-refractivity contribution is -0.128. The SMILES string of the molecule is CCCCC/C=C\C/C=C\CCCCCCCC(=O)CCCCCCCCCCCCCCCCOC=O. The molecule has 0 N–H and O–H groups in total. The van der Waals surface area contributed by atoms with Gasteiger partial charge in [-0.25, -0.2) is 0 Å². The number of unbranched alkanes of at least 4 members (excludes halogenated alkanes) is 21. The smallest absolute Gasteiger partial charge is 0.293 e. The minimum atomic E-state index is 0.491. The van der Waals surface area contributed by atoms with Crippen LogP contribution in [0, 0.1) is 0 Å². The van der Waals surface area contributed by atoms with Crippen LogP contribution >= 0.6 is 0 Å². The molecule has 222 valence electrons. The average molecular weight is 533 g/mol. The fourth-order valence-electron chi connectivity index (χ4n) is 4.94. The Morgan fingerprint density at radius 2 is 0.895 bits per heavy atom. The molecule has 0 aromatic rings. The van der Waals surface area contributed by atoms with Crippen LogP contribution in [0.2, 0.25) is 0 Å². The highest BCUT2D eigenvalue weighted by Crippen LogP contribution is 2.14. The summed E-state index contributed by atoms with van der Waals surface area (Å²) in [4.78, 5) is 22.2. The Kier molecular flexibility index (Phi) is 32.4. The van der Waals surface area contributed by atoms with Gasteiger partial charge in [0.15, 0.2) is 0 Å². The molecule has 0 radical (unpaired) electrons. The molecule has 0 aromatic carbocycles. The normalized spacial score (nSPS) is 11.6. The van der Waals surface area contributed by atoms with Crippen molar-refractivity contribution in [1.29, 1.82) is 0 Å². The Balaban J connectivity index is 3.22. The van der Waals surface area contributed by atoms with E-state index in [1.54, 1.807) is 0 Å². The molecule has 0 heterocycles. The number of ketones is 1. The molecule has 0 saturated carbocycles. The summed E-state index contributed by atoms with van der Waals surface area (Å²) in [5, 5.41) is 0. The zero-order chi connectivity index (χ0) is 27.6. The number of hydrogen-bond donors (Lipinski definition) is 0. The van der Waals surface area contributed by atoms with Gasteiger partial charge in [-0.3, -0.25) is 9.59 Å². The third-order valence-electron chi connectivity index (χ3n) is 7.44. The lowest BCUT2D eigenvalue weighted by atomic mass is 10.0. The van der Waals surface area contributed by atoms with Crippen molar-refractivity contribution in [1.82, 2.24) is 0 Å². The molecule has 0 aliphatic heterocycles. The standard InChI is InChI=1S/C35H64O3/c1-2-3-4-5-6-7-8-9-10-13-16-19-22-25-28-31-35(37)32-29-26-23-20-17-14-11-12-15-18-21-24-27-30-33-38-34-36/h6-7,9-10,34H,2-5,8,11-33H2,1H3/b7-6-,10-9-. The van der Waals surface area contributed by atoms with Gasteiger partial charge in [0.1, 0.15) is 5.78 Å². The molecular formula is C35H64O3. The van der Waals surface area contributed by atoms with Crippen LogP contribution in [0.25, 0.3) is 0 Å². The van der Waals surface area contributed by atoms with Crippen LogP contribution in [0.15, 0.2) is 24.3 Å². The third-order valence-corrected chi connectivity index (χ3v) is 7.44. The highest BCUT2D eigenvalue weighted by atomic mass is 16.5. The van der Waals surface area contributed by atoms with Crippen molar-refractivity contribution in [3.63, 3.8) is 0 Å². The molecule has 0 aromatic heterocycles. The van der Waals surface area contributed by atoms with Gasteiger partial charge in [0.05, 0.1) is 6.61 Å². The van der Waals surface area contributed by atoms with Crippen LogP contribution in [0.4, 0.5) is 0 Å². The van der Waals surface area contributed by atoms with Gasteiger partial charge in [0.25, 0.3) is 6.47 Å². The van der Waals surface area contributed by atoms with Crippen molar-refractivity contribution in [2.45, 2.75) is 180 Å². The first-order valence-electron chi connectivity index (χ1n) is 16.7. The molecule has 0 fully saturated rings. The molecule has 0 bridgehead atoms. The van der Waals surface area contributed by atoms with Crippen LogP contribution in [0.1, 0.15) is 180 Å². The molecule has 0 atom stereocenters. The Morgan fingerprint density at radius 3 is 1.34 bits per heavy atom. The Morgan fingerprint density at radius 1 is 0.500 bits per heavy atom. The minimum Gasteiger partial charge on any atom is -0.468 e. The predicted molar refractivity (Wildman–Crippen MR) is 166 cm³/mol. The van der Waals surface area contributed by atoms with Crippen molar-refractivity contribution in [3.05, 3.63) is 24.3 Å². The van der Waals surface area contributed by atoms with Gasteiger partial charge in [-0.05, 0) is 51.4 Å². The molecule has 0 aliphatic carbocycles. The van der Waals surface area contributed by atoms with Gasteiger partial charge < -0.3 is 4.74 Å². The fraction of sp³-hybridized carbons (Fsp3) is 0.829. The predicted octanol–water partition coefficient (Wildman–Crippen LogP) is 11.4. The largest absolute Gasteiger partial charge is 0.468 e. The molecular weight excluding hydrogens is 468 g/mol. The van der Waals surface area contributed by atoms with Gasteiger partial charge in [-0.15, -0.1) is 0 Å². The Hall–Kier alpha value is -1.38. The number of rotatable bonds is 32. The second-order valence-electron chi connectivity index (χ2n) is 11.2. The fourth-order valence-corrected chi connectivity index (χ4v) is 4.94. The van der Waals surface area contributed by atoms with Crippen LogP contribution in [0.5, 0.6) is 0 Å². The van der Waals surface area contributed by atoms with Crippen molar-refractivity contribution < 1.29 is 14.3 Å². The van der Waals surface area contributed by atoms with Gasteiger partial charge in [-0.1, -0.05) is 140 Å². The average Bonchev–Trinajstić information content (AvgIpc) is 2.92. The summed E-state index contributed by atoms with van der Waals surface area (Å²) >= 11 is 0. The van der Waals surface area contributed by atoms with Gasteiger partial charge in [-0.2, -0.15) is 0 Å². The highest BCUT2D eigenvalue weighted by molar-refractivity contribution is 5.78. The molecule has 0 saturated heterocycles. The lowest BCUT2D eigenvalue weighted by Crippen LogP contribution is -1.97. The minimum absolute atomic E-state index is 0.491. The quantitative estimate of drug-likeness (QED) is 0.0491. The summed E-state index contributed by atoms with van der Waals surface area (Å²) in [6, 6.07) is 0. The summed E-state index contributed by atoms with van der Waals surface area (Å²) in [6.45, 7) is 3.38. The maximum Gasteiger partial charge on any atom is 0.293 e. The molecule has 0 unspecified atom stereocenters. The first-order chi connectivity index (χ1) is 18.8. The van der Waals surface area contributed by atoms with E-state index in [0.29, 0.717) is 18.9 Å². The summed E-state index contributed by atoms with van der Waals surface area (Å²) < 4.78 is 4.71. The maximum absolute atomic E-state index is 12.1. The van der Waals surface area contributed by atoms with Crippen LogP contribution in [-0.4, -0.2) is 18.9 Å².